The summed E-state index contributed by atoms with van der Waals surface area (Å²) in [5, 5.41) is -5.81. The molecule has 654 valence electrons. The molecule has 3 nitrogen and oxygen atoms in total. The van der Waals surface area contributed by atoms with E-state index in [2.05, 4.69) is 18.2 Å². The molecule has 27 aromatic carbocycles. The molecule has 0 saturated carbocycles. The van der Waals surface area contributed by atoms with Crippen molar-refractivity contribution in [2.45, 2.75) is 0 Å². The molecule has 30 rings (SSSR count). The molecule has 0 fully saturated rings. The Hall–Kier alpha value is -18.5. The van der Waals surface area contributed by atoms with E-state index in [1.165, 1.54) is 0 Å². The van der Waals surface area contributed by atoms with Crippen LogP contribution in [0.3, 0.4) is 0 Å². The Morgan fingerprint density at radius 1 is 0.135 bits per heavy atom. The highest BCUT2D eigenvalue weighted by atomic mass is 16.3. The number of rotatable bonds is 9. The molecule has 3 aromatic heterocycles. The molecule has 0 saturated heterocycles. The highest BCUT2D eigenvalue weighted by molar-refractivity contribution is 6.29. The van der Waals surface area contributed by atoms with Gasteiger partial charge in [0.1, 0.15) is 33.5 Å². The Kier molecular flexibility index (Phi) is 9.33. The quantitative estimate of drug-likeness (QED) is 0.135. The molecule has 0 bridgehead atoms. The van der Waals surface area contributed by atoms with E-state index in [-0.39, 0.29) is 45.7 Å². The van der Waals surface area contributed by atoms with Crippen LogP contribution in [0.4, 0.5) is 0 Å². The van der Waals surface area contributed by atoms with Crippen LogP contribution in [0.15, 0.2) is 521 Å². The van der Waals surface area contributed by atoms with Crippen molar-refractivity contribution in [2.75, 3.05) is 0 Å². The van der Waals surface area contributed by atoms with Crippen molar-refractivity contribution in [2.24, 2.45) is 0 Å². The van der Waals surface area contributed by atoms with Gasteiger partial charge in [-0.2, -0.15) is 0 Å². The van der Waals surface area contributed by atoms with Gasteiger partial charge in [0.25, 0.3) is 0 Å². The minimum absolute atomic E-state index is 0.180. The molecule has 0 spiro atoms. The van der Waals surface area contributed by atoms with Gasteiger partial charge in [0.15, 0.2) is 0 Å². The number of hydrogen-bond acceptors (Lipinski definition) is 3. The maximum Gasteiger partial charge on any atom is 0.136 e. The van der Waals surface area contributed by atoms with Crippen molar-refractivity contribution in [3.63, 3.8) is 0 Å². The van der Waals surface area contributed by atoms with E-state index in [1.54, 1.807) is 0 Å². The van der Waals surface area contributed by atoms with Gasteiger partial charge in [-0.3, -0.25) is 0 Å². The lowest BCUT2D eigenvalue weighted by Gasteiger charge is -2.20. The second-order valence-electron chi connectivity index (χ2n) is 32.3. The largest absolute Gasteiger partial charge is 0.456 e. The molecule has 0 aliphatic carbocycles. The van der Waals surface area contributed by atoms with Crippen molar-refractivity contribution >= 4 is 195 Å². The Morgan fingerprint density at radius 2 is 0.468 bits per heavy atom. The summed E-state index contributed by atoms with van der Waals surface area (Å²) in [6.45, 7) is 0. The summed E-state index contributed by atoms with van der Waals surface area (Å²) in [6, 6.07) is -15.8. The molecule has 30 aromatic rings. The van der Waals surface area contributed by atoms with Crippen molar-refractivity contribution < 1.29 is 101 Å². The third-order valence-corrected chi connectivity index (χ3v) is 24.8. The molecule has 0 aliphatic heterocycles. The predicted molar refractivity (Wildman–Crippen MR) is 600 cm³/mol. The zero-order chi connectivity index (χ0) is 148. The zero-order valence-corrected chi connectivity index (χ0v) is 71.8. The van der Waals surface area contributed by atoms with Gasteiger partial charge < -0.3 is 13.3 Å². The second kappa shape index (κ2) is 33.2. The summed E-state index contributed by atoms with van der Waals surface area (Å²) < 4.78 is 596. The van der Waals surface area contributed by atoms with Crippen LogP contribution < -0.4 is 0 Å². The molecule has 0 aliphatic rings. The highest BCUT2D eigenvalue weighted by Crippen LogP contribution is 2.53. The minimum atomic E-state index is -1.10. The molecular formula is C138H84O3. The molecule has 3 heteroatoms. The van der Waals surface area contributed by atoms with Crippen LogP contribution in [0.2, 0.25) is 0 Å². The predicted octanol–water partition coefficient (Wildman–Crippen LogP) is 39.6. The maximum atomic E-state index is 9.93. The van der Waals surface area contributed by atoms with Crippen molar-refractivity contribution in [3.05, 3.63) is 508 Å². The van der Waals surface area contributed by atoms with Gasteiger partial charge in [0, 0.05) is 32.3 Å². The number of fused-ring (bicyclic) bond motifs is 24. The average molecular weight is 1850 g/mol. The van der Waals surface area contributed by atoms with Crippen LogP contribution >= 0.6 is 0 Å². The molecular weight excluding hydrogens is 1710 g/mol. The van der Waals surface area contributed by atoms with E-state index >= 15 is 0 Å². The number of hydrogen-bond donors (Lipinski definition) is 0. The lowest BCUT2D eigenvalue weighted by molar-refractivity contribution is 0.669. The van der Waals surface area contributed by atoms with Gasteiger partial charge in [0.05, 0.1) is 87.7 Å². The van der Waals surface area contributed by atoms with Crippen LogP contribution in [0.1, 0.15) is 87.7 Å². The summed E-state index contributed by atoms with van der Waals surface area (Å²) in [4.78, 5) is 0. The summed E-state index contributed by atoms with van der Waals surface area (Å²) >= 11 is 0. The normalized spacial score (nSPS) is 18.2. The Bertz CT molecular complexity index is 14400. The monoisotopic (exact) mass is 1850 g/mol. The lowest BCUT2D eigenvalue weighted by atomic mass is 9.83. The Balaban J connectivity index is 0.000000138. The molecule has 3 heterocycles. The fourth-order valence-corrected chi connectivity index (χ4v) is 18.8. The van der Waals surface area contributed by atoms with E-state index in [1.807, 2.05) is 103 Å². The first-order valence-corrected chi connectivity index (χ1v) is 43.3. The average Bonchev–Trinajstić information content (AvgIpc) is 1.22. The Labute approximate surface area is 902 Å². The summed E-state index contributed by atoms with van der Waals surface area (Å²) in [5.74, 6) is 0. The first kappa shape index (κ1) is 39.6. The van der Waals surface area contributed by atoms with Gasteiger partial charge in [-0.05, 0) is 302 Å². The molecule has 141 heavy (non-hydrogen) atoms. The van der Waals surface area contributed by atoms with Gasteiger partial charge in [-0.25, -0.2) is 0 Å². The van der Waals surface area contributed by atoms with E-state index in [4.69, 9.17) is 64.0 Å². The SMILES string of the molecule is [2H]c1c([2H])c(-c2c([2H])c([2H])c3oc4c([2H])c([2H])c5c([2H])c([2H])c([2H])c([2H])c5c4c3c2[2H])c([2H])c(-c2c3c([2H])c([2H])c([2H])c([2H])c3c(-c3c([2H])c([2H])c([2H])c4c([2H])c([2H])c([2H])c([2H])c34)c3c([2H])c([2H])c([2H])c([2H])c23)c1[2H].[2H]c1c([2H])c(-c2c([2H])c([2H])c3oc4c([2H])c([2H])c5c([2H])c([2H])c([2H])c([2H])c5c4c3c2[2H])c([2H])c(-c2c3c([2H])c([2H])c([2H])c([2H])c3c(-c3c([2H])c([2H])c4c([2H])c([2H])c([2H])c([2H])c4c3[2H])c3c([2H])c([2H])c([2H])c([2H])c23)c1[2H].[2H]c1c([2H])c([2H])c2c(-c3cccc4ccccc34)c3c([2H])c([2H])c([2H])c([2H])c3c(-c3ccccc3-c3ccc4oc5ccc6ccccc6c5c4c3)c2c1[2H]. The van der Waals surface area contributed by atoms with Crippen molar-refractivity contribution in [3.8, 4) is 100 Å². The third kappa shape index (κ3) is 13.4. The van der Waals surface area contributed by atoms with Gasteiger partial charge in [-0.15, -0.1) is 0 Å². The highest BCUT2D eigenvalue weighted by Gasteiger charge is 2.26. The topological polar surface area (TPSA) is 39.4 Å². The van der Waals surface area contributed by atoms with E-state index in [0.29, 0.717) is 27.8 Å². The summed E-state index contributed by atoms with van der Waals surface area (Å²) in [7, 11) is 0. The van der Waals surface area contributed by atoms with Crippen molar-refractivity contribution in [1.29, 1.82) is 0 Å². The molecule has 0 amide bonds. The van der Waals surface area contributed by atoms with Crippen molar-refractivity contribution in [1.82, 2.24) is 0 Å². The molecule has 0 unspecified atom stereocenters. The maximum absolute atomic E-state index is 9.93. The Morgan fingerprint density at radius 3 is 0.993 bits per heavy atom. The van der Waals surface area contributed by atoms with Gasteiger partial charge >= 0.3 is 0 Å². The first-order chi connectivity index (χ1) is 96.6. The molecule has 0 atom stereocenters. The standard InChI is InChI=1S/3C46H28O/c1-3-16-34-29(11-1)13-10-22-36(34)45-39-20-7-5-18-37(39)44(38-19-6-8-21-40(38)45)33-15-9-14-31(27-33)32-24-25-42-41(28-32)46-35-17-4-2-12-30(35)23-26-43(46)47-42;1-3-15-32-29(12-1)14-11-23-36(32)45-39-21-9-7-19-37(39)44(38-20-8-10-22-40(38)45)35-18-6-5-16-33(35)31-25-26-42-41(28-31)46-34-17-4-2-13-30(34)24-27-43(46)47-42;1-2-12-31-26-35(21-20-29(31)10-1)45-39-18-7-5-16-37(39)44(38-17-6-8-19-40(38)45)34-14-9-13-32(27-34)33-23-24-42-41(28-33)46-36-15-4-3-11-30(36)22-25-43(46)47-42/h3*1-28H/i1D,2D,3D,4D,5D,6D,7D,8D,9D,10D,11D,12D,13D,14D,15D,16D,17D,18D,19D,20D,21D,22D,23D,24D,25D,26D,27D,28D;7D,8D,9D,10D,19D,20D,21D,22D;1D,2D,3D,4D,5D,6D,7D,8D,9D,10D,11D,12D,13D,14D,15D,16D,17D,18D,19D,20D,21D,22D,23D,24D,25D,26D,27D,28D. The lowest BCUT2D eigenvalue weighted by Crippen LogP contribution is -1.93. The summed E-state index contributed by atoms with van der Waals surface area (Å²) in [5.41, 5.74) is -7.21. The van der Waals surface area contributed by atoms with Crippen LogP contribution in [0.5, 0.6) is 0 Å². The van der Waals surface area contributed by atoms with Crippen LogP contribution in [-0.4, -0.2) is 0 Å². The number of furan rings is 3. The van der Waals surface area contributed by atoms with E-state index in [9.17, 15) is 37.0 Å². The summed E-state index contributed by atoms with van der Waals surface area (Å²) in [6.07, 6.45) is 0. The second-order valence-corrected chi connectivity index (χ2v) is 32.3. The van der Waals surface area contributed by atoms with E-state index in [0.717, 1.165) is 49.0 Å². The fraction of sp³-hybridized carbons (Fsp3) is 0. The van der Waals surface area contributed by atoms with E-state index < -0.39 is 559 Å². The molecule has 0 N–H and O–H groups in total. The van der Waals surface area contributed by atoms with Gasteiger partial charge in [-0.1, -0.05) is 435 Å². The van der Waals surface area contributed by atoms with Crippen LogP contribution in [0, 0.1) is 0 Å². The van der Waals surface area contributed by atoms with Gasteiger partial charge in [0.2, 0.25) is 0 Å². The first-order valence-electron chi connectivity index (χ1n) is 75.3. The minimum Gasteiger partial charge on any atom is -0.456 e. The zero-order valence-electron chi connectivity index (χ0n) is 136. The molecule has 0 radical (unpaired) electrons. The van der Waals surface area contributed by atoms with Crippen LogP contribution in [0.25, 0.3) is 295 Å². The smallest absolute Gasteiger partial charge is 0.136 e. The fourth-order valence-electron chi connectivity index (χ4n) is 18.8. The number of benzene rings is 27. The third-order valence-electron chi connectivity index (χ3n) is 24.8. The van der Waals surface area contributed by atoms with Crippen LogP contribution in [-0.2, 0) is 0 Å².